The van der Waals surface area contributed by atoms with Gasteiger partial charge in [0.2, 0.25) is 0 Å². The molecule has 11 heavy (non-hydrogen) atoms. The van der Waals surface area contributed by atoms with Gasteiger partial charge in [0.15, 0.2) is 0 Å². The molecular weight excluding hydrogens is 179 g/mol. The van der Waals surface area contributed by atoms with Gasteiger partial charge < -0.3 is 0 Å². The summed E-state index contributed by atoms with van der Waals surface area (Å²) in [6.45, 7) is 8.19. The summed E-state index contributed by atoms with van der Waals surface area (Å²) in [5.74, 6) is 0.441. The van der Waals surface area contributed by atoms with Crippen LogP contribution in [0.15, 0.2) is 0 Å². The third-order valence-electron chi connectivity index (χ3n) is 1.27. The maximum Gasteiger partial charge on any atom is 0.102 e. The highest BCUT2D eigenvalue weighted by atomic mass is 33.1. The van der Waals surface area contributed by atoms with Crippen LogP contribution in [0.3, 0.4) is 0 Å². The fourth-order valence-corrected chi connectivity index (χ4v) is 3.05. The van der Waals surface area contributed by atoms with Crippen molar-refractivity contribution in [2.45, 2.75) is 38.2 Å². The number of rotatable bonds is 5. The molecule has 68 valence electrons. The van der Waals surface area contributed by atoms with Crippen molar-refractivity contribution in [1.29, 1.82) is 0 Å². The standard InChI is InChI=1S/C8H17FS2/c1-6(2)8(5-9)11-10-7(3)4/h6-8H,5H2,1-4H3. The Morgan fingerprint density at radius 3 is 1.91 bits per heavy atom. The SMILES string of the molecule is CC(C)SSC(CF)C(C)C. The summed E-state index contributed by atoms with van der Waals surface area (Å²) in [6, 6.07) is 0. The van der Waals surface area contributed by atoms with Gasteiger partial charge in [-0.1, -0.05) is 49.3 Å². The van der Waals surface area contributed by atoms with Crippen molar-refractivity contribution >= 4 is 21.6 Å². The van der Waals surface area contributed by atoms with Gasteiger partial charge in [-0.05, 0) is 5.92 Å². The highest BCUT2D eigenvalue weighted by molar-refractivity contribution is 8.77. The van der Waals surface area contributed by atoms with E-state index < -0.39 is 0 Å². The first-order valence-corrected chi connectivity index (χ1v) is 6.23. The third-order valence-corrected chi connectivity index (χ3v) is 4.91. The van der Waals surface area contributed by atoms with E-state index >= 15 is 0 Å². The Bertz CT molecular complexity index is 94.1. The van der Waals surface area contributed by atoms with Crippen LogP contribution in [0, 0.1) is 5.92 Å². The van der Waals surface area contributed by atoms with Crippen LogP contribution in [0.1, 0.15) is 27.7 Å². The average molecular weight is 196 g/mol. The molecule has 0 spiro atoms. The molecule has 0 saturated heterocycles. The van der Waals surface area contributed by atoms with Gasteiger partial charge >= 0.3 is 0 Å². The number of alkyl halides is 1. The molecule has 0 aromatic carbocycles. The van der Waals surface area contributed by atoms with Gasteiger partial charge in [0.1, 0.15) is 6.67 Å². The van der Waals surface area contributed by atoms with E-state index in [1.807, 2.05) is 0 Å². The number of halogens is 1. The zero-order valence-corrected chi connectivity index (χ0v) is 9.27. The highest BCUT2D eigenvalue weighted by Crippen LogP contribution is 2.34. The van der Waals surface area contributed by atoms with E-state index in [1.165, 1.54) is 0 Å². The first-order chi connectivity index (χ1) is 5.07. The molecule has 0 heterocycles. The Kier molecular flexibility index (Phi) is 6.53. The Morgan fingerprint density at radius 2 is 1.64 bits per heavy atom. The largest absolute Gasteiger partial charge is 0.250 e. The molecule has 0 aliphatic rings. The third kappa shape index (κ3) is 5.85. The van der Waals surface area contributed by atoms with E-state index in [2.05, 4.69) is 27.7 Å². The molecule has 0 amide bonds. The van der Waals surface area contributed by atoms with Crippen molar-refractivity contribution < 1.29 is 4.39 Å². The van der Waals surface area contributed by atoms with E-state index in [1.54, 1.807) is 21.6 Å². The second kappa shape index (κ2) is 6.18. The molecule has 0 aromatic heterocycles. The molecular formula is C8H17FS2. The van der Waals surface area contributed by atoms with Gasteiger partial charge in [0.25, 0.3) is 0 Å². The molecule has 0 saturated carbocycles. The molecule has 1 unspecified atom stereocenters. The summed E-state index contributed by atoms with van der Waals surface area (Å²) in [7, 11) is 3.45. The van der Waals surface area contributed by atoms with E-state index in [4.69, 9.17) is 0 Å². The summed E-state index contributed by atoms with van der Waals surface area (Å²) >= 11 is 0. The lowest BCUT2D eigenvalue weighted by Gasteiger charge is -2.16. The lowest BCUT2D eigenvalue weighted by atomic mass is 10.1. The Morgan fingerprint density at radius 1 is 1.09 bits per heavy atom. The zero-order chi connectivity index (χ0) is 8.85. The average Bonchev–Trinajstić information content (AvgIpc) is 1.87. The van der Waals surface area contributed by atoms with Gasteiger partial charge in [-0.15, -0.1) is 0 Å². The fraction of sp³-hybridized carbons (Fsp3) is 1.00. The molecule has 1 atom stereocenters. The Labute approximate surface area is 77.1 Å². The Balaban J connectivity index is 3.52. The van der Waals surface area contributed by atoms with Crippen LogP contribution in [0.25, 0.3) is 0 Å². The highest BCUT2D eigenvalue weighted by Gasteiger charge is 2.14. The van der Waals surface area contributed by atoms with Crippen LogP contribution in [-0.4, -0.2) is 17.2 Å². The summed E-state index contributed by atoms with van der Waals surface area (Å²) < 4.78 is 12.3. The van der Waals surface area contributed by atoms with Crippen LogP contribution in [0.2, 0.25) is 0 Å². The summed E-state index contributed by atoms with van der Waals surface area (Å²) in [5.41, 5.74) is 0. The van der Waals surface area contributed by atoms with Gasteiger partial charge in [0, 0.05) is 10.5 Å². The van der Waals surface area contributed by atoms with E-state index in [0.717, 1.165) is 0 Å². The number of hydrogen-bond acceptors (Lipinski definition) is 2. The predicted octanol–water partition coefficient (Wildman–Crippen LogP) is 3.77. The lowest BCUT2D eigenvalue weighted by molar-refractivity contribution is 0.433. The molecule has 3 heteroatoms. The first-order valence-electron chi connectivity index (χ1n) is 3.96. The molecule has 0 aliphatic carbocycles. The summed E-state index contributed by atoms with van der Waals surface area (Å²) in [6.07, 6.45) is 0. The first kappa shape index (κ1) is 11.6. The topological polar surface area (TPSA) is 0 Å². The predicted molar refractivity (Wildman–Crippen MR) is 54.9 cm³/mol. The second-order valence-corrected chi connectivity index (χ2v) is 6.27. The normalized spacial score (nSPS) is 14.5. The maximum absolute atomic E-state index is 12.3. The molecule has 0 aliphatic heterocycles. The van der Waals surface area contributed by atoms with Gasteiger partial charge in [-0.3, -0.25) is 0 Å². The second-order valence-electron chi connectivity index (χ2n) is 3.18. The monoisotopic (exact) mass is 196 g/mol. The van der Waals surface area contributed by atoms with Crippen LogP contribution in [0.4, 0.5) is 4.39 Å². The van der Waals surface area contributed by atoms with Crippen LogP contribution in [0.5, 0.6) is 0 Å². The minimum Gasteiger partial charge on any atom is -0.250 e. The van der Waals surface area contributed by atoms with Crippen molar-refractivity contribution in [2.75, 3.05) is 6.67 Å². The van der Waals surface area contributed by atoms with Gasteiger partial charge in [-0.2, -0.15) is 0 Å². The Hall–Kier alpha value is 0.630. The van der Waals surface area contributed by atoms with E-state index in [0.29, 0.717) is 11.2 Å². The van der Waals surface area contributed by atoms with Crippen LogP contribution < -0.4 is 0 Å². The van der Waals surface area contributed by atoms with Crippen molar-refractivity contribution in [3.05, 3.63) is 0 Å². The smallest absolute Gasteiger partial charge is 0.102 e. The summed E-state index contributed by atoms with van der Waals surface area (Å²) in [5, 5.41) is 0.759. The molecule has 0 N–H and O–H groups in total. The van der Waals surface area contributed by atoms with Crippen molar-refractivity contribution in [1.82, 2.24) is 0 Å². The van der Waals surface area contributed by atoms with Crippen molar-refractivity contribution in [3.8, 4) is 0 Å². The van der Waals surface area contributed by atoms with Gasteiger partial charge in [0.05, 0.1) is 0 Å². The quantitative estimate of drug-likeness (QED) is 0.614. The lowest BCUT2D eigenvalue weighted by Crippen LogP contribution is -2.12. The molecule has 0 bridgehead atoms. The molecule has 0 nitrogen and oxygen atoms in total. The molecule has 0 rings (SSSR count). The van der Waals surface area contributed by atoms with Crippen LogP contribution >= 0.6 is 21.6 Å². The molecule has 0 radical (unpaired) electrons. The van der Waals surface area contributed by atoms with Crippen molar-refractivity contribution in [3.63, 3.8) is 0 Å². The molecule has 0 fully saturated rings. The minimum atomic E-state index is -0.206. The zero-order valence-electron chi connectivity index (χ0n) is 7.63. The summed E-state index contributed by atoms with van der Waals surface area (Å²) in [4.78, 5) is 0. The minimum absolute atomic E-state index is 0.169. The van der Waals surface area contributed by atoms with E-state index in [9.17, 15) is 4.39 Å². The number of hydrogen-bond donors (Lipinski definition) is 0. The van der Waals surface area contributed by atoms with E-state index in [-0.39, 0.29) is 11.9 Å². The molecule has 0 aromatic rings. The fourth-order valence-electron chi connectivity index (χ4n) is 0.497. The van der Waals surface area contributed by atoms with Crippen molar-refractivity contribution in [2.24, 2.45) is 5.92 Å². The van der Waals surface area contributed by atoms with Crippen LogP contribution in [-0.2, 0) is 0 Å². The van der Waals surface area contributed by atoms with Gasteiger partial charge in [-0.25, -0.2) is 4.39 Å². The maximum atomic E-state index is 12.3.